The number of aliphatic carboxylic acids is 1. The summed E-state index contributed by atoms with van der Waals surface area (Å²) in [6.07, 6.45) is 0.393. The molecular formula is C16H15ClO3. The maximum atomic E-state index is 11.3. The van der Waals surface area contributed by atoms with E-state index in [1.807, 2.05) is 42.5 Å². The highest BCUT2D eigenvalue weighted by molar-refractivity contribution is 6.32. The van der Waals surface area contributed by atoms with Gasteiger partial charge in [-0.25, -0.2) is 0 Å². The molecule has 0 amide bonds. The first-order valence-electron chi connectivity index (χ1n) is 6.33. The molecule has 0 heterocycles. The Kier molecular flexibility index (Phi) is 5.02. The lowest BCUT2D eigenvalue weighted by molar-refractivity contribution is -0.139. The molecule has 0 aliphatic carbocycles. The summed E-state index contributed by atoms with van der Waals surface area (Å²) in [6.45, 7) is 0.301. The first kappa shape index (κ1) is 14.4. The van der Waals surface area contributed by atoms with Crippen LogP contribution in [0.5, 0.6) is 5.75 Å². The van der Waals surface area contributed by atoms with Gasteiger partial charge >= 0.3 is 5.97 Å². The van der Waals surface area contributed by atoms with E-state index in [0.29, 0.717) is 23.8 Å². The van der Waals surface area contributed by atoms with Gasteiger partial charge in [0.1, 0.15) is 5.75 Å². The quantitative estimate of drug-likeness (QED) is 0.875. The second kappa shape index (κ2) is 6.96. The Labute approximate surface area is 122 Å². The lowest BCUT2D eigenvalue weighted by atomic mass is 9.96. The highest BCUT2D eigenvalue weighted by Crippen LogP contribution is 2.25. The minimum absolute atomic E-state index is 0.301. The molecule has 0 spiro atoms. The molecule has 1 unspecified atom stereocenters. The molecule has 104 valence electrons. The van der Waals surface area contributed by atoms with E-state index in [1.165, 1.54) is 0 Å². The second-order valence-corrected chi connectivity index (χ2v) is 4.78. The summed E-state index contributed by atoms with van der Waals surface area (Å²) in [5.74, 6) is -0.844. The summed E-state index contributed by atoms with van der Waals surface area (Å²) in [7, 11) is 0. The fourth-order valence-electron chi connectivity index (χ4n) is 1.97. The van der Waals surface area contributed by atoms with Crippen LogP contribution in [-0.4, -0.2) is 17.7 Å². The van der Waals surface area contributed by atoms with E-state index in [-0.39, 0.29) is 0 Å². The third-order valence-electron chi connectivity index (χ3n) is 3.00. The molecule has 0 saturated carbocycles. The smallest absolute Gasteiger partial charge is 0.311 e. The lowest BCUT2D eigenvalue weighted by Crippen LogP contribution is -2.15. The number of carbonyl (C=O) groups is 1. The lowest BCUT2D eigenvalue weighted by Gasteiger charge is -2.14. The minimum atomic E-state index is -0.848. The maximum absolute atomic E-state index is 11.3. The van der Waals surface area contributed by atoms with Crippen molar-refractivity contribution in [2.45, 2.75) is 12.3 Å². The number of hydrogen-bond donors (Lipinski definition) is 1. The number of para-hydroxylation sites is 1. The number of halogens is 1. The van der Waals surface area contributed by atoms with Gasteiger partial charge in [0.25, 0.3) is 0 Å². The van der Waals surface area contributed by atoms with Gasteiger partial charge in [0.2, 0.25) is 0 Å². The fraction of sp³-hybridized carbons (Fsp3) is 0.188. The molecule has 0 saturated heterocycles. The topological polar surface area (TPSA) is 46.5 Å². The molecule has 3 nitrogen and oxygen atoms in total. The van der Waals surface area contributed by atoms with E-state index in [1.54, 1.807) is 12.1 Å². The van der Waals surface area contributed by atoms with Crippen LogP contribution in [0.3, 0.4) is 0 Å². The van der Waals surface area contributed by atoms with Crippen LogP contribution in [0.15, 0.2) is 54.6 Å². The zero-order valence-electron chi connectivity index (χ0n) is 10.8. The van der Waals surface area contributed by atoms with Crippen molar-refractivity contribution in [2.24, 2.45) is 0 Å². The van der Waals surface area contributed by atoms with E-state index in [4.69, 9.17) is 16.3 Å². The summed E-state index contributed by atoms with van der Waals surface area (Å²) in [4.78, 5) is 11.3. The molecule has 0 radical (unpaired) electrons. The summed E-state index contributed by atoms with van der Waals surface area (Å²) in [6, 6.07) is 16.3. The Balaban J connectivity index is 1.97. The van der Waals surface area contributed by atoms with Crippen LogP contribution in [0, 0.1) is 0 Å². The number of benzene rings is 2. The predicted octanol–water partition coefficient (Wildman–Crippen LogP) is 3.98. The maximum Gasteiger partial charge on any atom is 0.311 e. The number of carboxylic acid groups (broad SMARTS) is 1. The van der Waals surface area contributed by atoms with Gasteiger partial charge in [-0.05, 0) is 24.1 Å². The molecule has 20 heavy (non-hydrogen) atoms. The average Bonchev–Trinajstić information content (AvgIpc) is 2.46. The Morgan fingerprint density at radius 1 is 1.10 bits per heavy atom. The van der Waals surface area contributed by atoms with Gasteiger partial charge in [0, 0.05) is 0 Å². The third-order valence-corrected chi connectivity index (χ3v) is 3.31. The molecule has 2 aromatic carbocycles. The molecule has 0 aliphatic heterocycles. The summed E-state index contributed by atoms with van der Waals surface area (Å²) in [5.41, 5.74) is 0.780. The molecule has 0 aromatic heterocycles. The number of ether oxygens (including phenoxy) is 1. The van der Waals surface area contributed by atoms with Gasteiger partial charge in [-0.3, -0.25) is 4.79 Å². The Morgan fingerprint density at radius 3 is 2.40 bits per heavy atom. The van der Waals surface area contributed by atoms with Gasteiger partial charge < -0.3 is 9.84 Å². The Bertz CT molecular complexity index is 569. The van der Waals surface area contributed by atoms with E-state index < -0.39 is 11.9 Å². The van der Waals surface area contributed by atoms with E-state index >= 15 is 0 Å². The van der Waals surface area contributed by atoms with Crippen molar-refractivity contribution in [3.63, 3.8) is 0 Å². The number of carboxylic acids is 1. The van der Waals surface area contributed by atoms with Crippen LogP contribution >= 0.6 is 11.6 Å². The van der Waals surface area contributed by atoms with Gasteiger partial charge in [0.05, 0.1) is 17.5 Å². The van der Waals surface area contributed by atoms with Crippen molar-refractivity contribution in [3.05, 3.63) is 65.2 Å². The second-order valence-electron chi connectivity index (χ2n) is 4.37. The van der Waals surface area contributed by atoms with Crippen molar-refractivity contribution >= 4 is 17.6 Å². The molecule has 0 bridgehead atoms. The average molecular weight is 291 g/mol. The third kappa shape index (κ3) is 3.75. The molecule has 4 heteroatoms. The fourth-order valence-corrected chi connectivity index (χ4v) is 2.16. The zero-order valence-corrected chi connectivity index (χ0v) is 11.6. The van der Waals surface area contributed by atoms with Crippen molar-refractivity contribution in [2.75, 3.05) is 6.61 Å². The highest BCUT2D eigenvalue weighted by atomic mass is 35.5. The van der Waals surface area contributed by atoms with E-state index in [2.05, 4.69) is 0 Å². The standard InChI is InChI=1S/C16H15ClO3/c17-14-8-4-5-9-15(14)20-11-10-13(16(18)19)12-6-2-1-3-7-12/h1-9,13H,10-11H2,(H,18,19). The molecule has 1 N–H and O–H groups in total. The minimum Gasteiger partial charge on any atom is -0.492 e. The zero-order chi connectivity index (χ0) is 14.4. The SMILES string of the molecule is O=C(O)C(CCOc1ccccc1Cl)c1ccccc1. The monoisotopic (exact) mass is 290 g/mol. The van der Waals surface area contributed by atoms with Gasteiger partial charge in [-0.15, -0.1) is 0 Å². The summed E-state index contributed by atoms with van der Waals surface area (Å²) < 4.78 is 5.54. The van der Waals surface area contributed by atoms with Crippen LogP contribution in [0.4, 0.5) is 0 Å². The van der Waals surface area contributed by atoms with Crippen molar-refractivity contribution in [3.8, 4) is 5.75 Å². The van der Waals surface area contributed by atoms with Crippen LogP contribution in [0.2, 0.25) is 5.02 Å². The normalized spacial score (nSPS) is 11.8. The van der Waals surface area contributed by atoms with Crippen LogP contribution < -0.4 is 4.74 Å². The van der Waals surface area contributed by atoms with Crippen LogP contribution in [-0.2, 0) is 4.79 Å². The first-order valence-corrected chi connectivity index (χ1v) is 6.71. The Hall–Kier alpha value is -2.00. The van der Waals surface area contributed by atoms with Crippen LogP contribution in [0.1, 0.15) is 17.9 Å². The highest BCUT2D eigenvalue weighted by Gasteiger charge is 2.19. The van der Waals surface area contributed by atoms with Crippen molar-refractivity contribution in [1.82, 2.24) is 0 Å². The molecular weight excluding hydrogens is 276 g/mol. The molecule has 2 aromatic rings. The first-order chi connectivity index (χ1) is 9.68. The van der Waals surface area contributed by atoms with Crippen LogP contribution in [0.25, 0.3) is 0 Å². The molecule has 1 atom stereocenters. The van der Waals surface area contributed by atoms with Gasteiger partial charge in [-0.1, -0.05) is 54.1 Å². The van der Waals surface area contributed by atoms with E-state index in [9.17, 15) is 9.90 Å². The predicted molar refractivity (Wildman–Crippen MR) is 78.4 cm³/mol. The van der Waals surface area contributed by atoms with Gasteiger partial charge in [0.15, 0.2) is 0 Å². The number of rotatable bonds is 6. The molecule has 2 rings (SSSR count). The summed E-state index contributed by atoms with van der Waals surface area (Å²) >= 11 is 5.98. The van der Waals surface area contributed by atoms with Crippen molar-refractivity contribution < 1.29 is 14.6 Å². The van der Waals surface area contributed by atoms with Crippen molar-refractivity contribution in [1.29, 1.82) is 0 Å². The summed E-state index contributed by atoms with van der Waals surface area (Å²) in [5, 5.41) is 9.82. The number of hydrogen-bond acceptors (Lipinski definition) is 2. The Morgan fingerprint density at radius 2 is 1.75 bits per heavy atom. The largest absolute Gasteiger partial charge is 0.492 e. The van der Waals surface area contributed by atoms with Gasteiger partial charge in [-0.2, -0.15) is 0 Å². The molecule has 0 fully saturated rings. The molecule has 0 aliphatic rings. The van der Waals surface area contributed by atoms with E-state index in [0.717, 1.165) is 5.56 Å².